The van der Waals surface area contributed by atoms with Crippen LogP contribution in [0.3, 0.4) is 0 Å². The molecule has 116 valence electrons. The van der Waals surface area contributed by atoms with Crippen LogP contribution in [0, 0.1) is 5.41 Å². The quantitative estimate of drug-likeness (QED) is 0.876. The number of hydrogen-bond donors (Lipinski definition) is 2. The third kappa shape index (κ3) is 3.21. The molecule has 0 radical (unpaired) electrons. The molecule has 2 atom stereocenters. The zero-order chi connectivity index (χ0) is 15.6. The second kappa shape index (κ2) is 6.06. The van der Waals surface area contributed by atoms with E-state index in [1.165, 1.54) is 0 Å². The van der Waals surface area contributed by atoms with Gasteiger partial charge in [-0.3, -0.25) is 4.79 Å². The number of anilines is 1. The normalized spacial score (nSPS) is 23.5. The number of rotatable bonds is 5. The molecule has 2 N–H and O–H groups in total. The van der Waals surface area contributed by atoms with Crippen LogP contribution in [0.15, 0.2) is 24.3 Å². The zero-order valence-electron chi connectivity index (χ0n) is 13.6. The second-order valence-electron chi connectivity index (χ2n) is 6.65. The largest absolute Gasteiger partial charge is 0.382 e. The fourth-order valence-electron chi connectivity index (χ4n) is 2.88. The summed E-state index contributed by atoms with van der Waals surface area (Å²) in [6, 6.07) is 8.08. The van der Waals surface area contributed by atoms with E-state index in [-0.39, 0.29) is 29.5 Å². The topological polar surface area (TPSA) is 50.4 Å². The minimum atomic E-state index is -0.0230. The highest BCUT2D eigenvalue weighted by Gasteiger charge is 2.49. The summed E-state index contributed by atoms with van der Waals surface area (Å²) in [6.07, 6.45) is 1.08. The summed E-state index contributed by atoms with van der Waals surface area (Å²) in [5.74, 6) is -0.0219. The second-order valence-corrected chi connectivity index (χ2v) is 6.65. The van der Waals surface area contributed by atoms with Crippen molar-refractivity contribution in [2.45, 2.75) is 52.3 Å². The molecule has 0 aromatic heterocycles. The average Bonchev–Trinajstić information content (AvgIpc) is 2.42. The Morgan fingerprint density at radius 1 is 1.33 bits per heavy atom. The van der Waals surface area contributed by atoms with Gasteiger partial charge in [-0.25, -0.2) is 0 Å². The van der Waals surface area contributed by atoms with E-state index in [9.17, 15) is 4.79 Å². The number of carbonyl (C=O) groups is 1. The van der Waals surface area contributed by atoms with Gasteiger partial charge in [-0.15, -0.1) is 0 Å². The number of ether oxygens (including phenoxy) is 1. The molecular weight excluding hydrogens is 264 g/mol. The Bertz CT molecular complexity index is 511. The fraction of sp³-hybridized carbons (Fsp3) is 0.588. The lowest BCUT2D eigenvalue weighted by Gasteiger charge is -2.51. The summed E-state index contributed by atoms with van der Waals surface area (Å²) in [7, 11) is 1.73. The first-order valence-corrected chi connectivity index (χ1v) is 7.55. The van der Waals surface area contributed by atoms with Gasteiger partial charge in [-0.2, -0.15) is 0 Å². The maximum Gasteiger partial charge on any atom is 0.253 e. The molecule has 2 rings (SSSR count). The number of methoxy groups -OCH3 is 1. The molecule has 0 bridgehead atoms. The molecule has 0 aliphatic heterocycles. The molecule has 2 unspecified atom stereocenters. The van der Waals surface area contributed by atoms with Crippen molar-refractivity contribution in [3.63, 3.8) is 0 Å². The highest BCUT2D eigenvalue weighted by atomic mass is 16.5. The summed E-state index contributed by atoms with van der Waals surface area (Å²) in [4.78, 5) is 12.5. The van der Waals surface area contributed by atoms with Gasteiger partial charge < -0.3 is 15.4 Å². The summed E-state index contributed by atoms with van der Waals surface area (Å²) >= 11 is 0. The van der Waals surface area contributed by atoms with Gasteiger partial charge in [0.25, 0.3) is 5.91 Å². The van der Waals surface area contributed by atoms with Crippen molar-refractivity contribution >= 4 is 11.6 Å². The number of carbonyl (C=O) groups excluding carboxylic acids is 1. The van der Waals surface area contributed by atoms with E-state index < -0.39 is 0 Å². The Morgan fingerprint density at radius 3 is 2.57 bits per heavy atom. The van der Waals surface area contributed by atoms with Gasteiger partial charge in [0.1, 0.15) is 0 Å². The highest BCUT2D eigenvalue weighted by molar-refractivity contribution is 5.99. The monoisotopic (exact) mass is 290 g/mol. The van der Waals surface area contributed by atoms with Crippen molar-refractivity contribution in [3.05, 3.63) is 29.8 Å². The lowest BCUT2D eigenvalue weighted by Crippen LogP contribution is -2.61. The molecule has 1 aromatic carbocycles. The van der Waals surface area contributed by atoms with Crippen LogP contribution in [0.5, 0.6) is 0 Å². The van der Waals surface area contributed by atoms with Crippen LogP contribution in [0.4, 0.5) is 5.69 Å². The van der Waals surface area contributed by atoms with Crippen LogP contribution in [0.1, 0.15) is 44.5 Å². The molecule has 21 heavy (non-hydrogen) atoms. The zero-order valence-corrected chi connectivity index (χ0v) is 13.6. The van der Waals surface area contributed by atoms with E-state index in [0.29, 0.717) is 5.56 Å². The van der Waals surface area contributed by atoms with Crippen LogP contribution < -0.4 is 10.6 Å². The van der Waals surface area contributed by atoms with E-state index in [2.05, 4.69) is 38.3 Å². The smallest absolute Gasteiger partial charge is 0.253 e. The molecule has 1 saturated carbocycles. The molecule has 1 aliphatic carbocycles. The van der Waals surface area contributed by atoms with Crippen LogP contribution in [0.2, 0.25) is 0 Å². The third-order valence-electron chi connectivity index (χ3n) is 4.38. The van der Waals surface area contributed by atoms with Gasteiger partial charge in [-0.1, -0.05) is 26.0 Å². The standard InChI is InChI=1S/C17H26N2O2/c1-11(2)18-13-9-7-6-8-12(13)16(20)19-14-10-15(21-5)17(14,3)4/h6-9,11,14-15,18H,10H2,1-5H3,(H,19,20). The molecule has 1 aromatic rings. The van der Waals surface area contributed by atoms with E-state index in [1.807, 2.05) is 24.3 Å². The number of nitrogens with one attached hydrogen (secondary N) is 2. The lowest BCUT2D eigenvalue weighted by atomic mass is 9.64. The molecule has 1 aliphatic rings. The predicted molar refractivity (Wildman–Crippen MR) is 85.6 cm³/mol. The SMILES string of the molecule is COC1CC(NC(=O)c2ccccc2NC(C)C)C1(C)C. The summed E-state index contributed by atoms with van der Waals surface area (Å²) in [5.41, 5.74) is 1.55. The Kier molecular flexibility index (Phi) is 4.57. The van der Waals surface area contributed by atoms with E-state index in [1.54, 1.807) is 7.11 Å². The van der Waals surface area contributed by atoms with E-state index in [4.69, 9.17) is 4.74 Å². The van der Waals surface area contributed by atoms with Crippen LogP contribution in [-0.2, 0) is 4.74 Å². The van der Waals surface area contributed by atoms with Crippen molar-refractivity contribution in [1.29, 1.82) is 0 Å². The molecule has 4 nitrogen and oxygen atoms in total. The molecular formula is C17H26N2O2. The van der Waals surface area contributed by atoms with Gasteiger partial charge in [0.15, 0.2) is 0 Å². The number of amides is 1. The van der Waals surface area contributed by atoms with E-state index >= 15 is 0 Å². The van der Waals surface area contributed by atoms with Gasteiger partial charge in [0.05, 0.1) is 11.7 Å². The van der Waals surface area contributed by atoms with Gasteiger partial charge in [0.2, 0.25) is 0 Å². The summed E-state index contributed by atoms with van der Waals surface area (Å²) in [5, 5.41) is 6.46. The van der Waals surface area contributed by atoms with Gasteiger partial charge in [0, 0.05) is 30.3 Å². The van der Waals surface area contributed by atoms with Crippen molar-refractivity contribution in [2.75, 3.05) is 12.4 Å². The van der Waals surface area contributed by atoms with Gasteiger partial charge >= 0.3 is 0 Å². The Morgan fingerprint density at radius 2 is 2.00 bits per heavy atom. The fourth-order valence-corrected chi connectivity index (χ4v) is 2.88. The summed E-state index contributed by atoms with van der Waals surface area (Å²) < 4.78 is 5.43. The molecule has 1 amide bonds. The van der Waals surface area contributed by atoms with Crippen LogP contribution in [0.25, 0.3) is 0 Å². The molecule has 4 heteroatoms. The molecule has 0 heterocycles. The Labute approximate surface area is 127 Å². The molecule has 1 fully saturated rings. The van der Waals surface area contributed by atoms with Crippen molar-refractivity contribution in [1.82, 2.24) is 5.32 Å². The molecule has 0 saturated heterocycles. The van der Waals surface area contributed by atoms with E-state index in [0.717, 1.165) is 12.1 Å². The summed E-state index contributed by atoms with van der Waals surface area (Å²) in [6.45, 7) is 8.39. The van der Waals surface area contributed by atoms with Gasteiger partial charge in [-0.05, 0) is 32.4 Å². The minimum Gasteiger partial charge on any atom is -0.382 e. The minimum absolute atomic E-state index is 0.0219. The first-order valence-electron chi connectivity index (χ1n) is 7.55. The third-order valence-corrected chi connectivity index (χ3v) is 4.38. The molecule has 0 spiro atoms. The Hall–Kier alpha value is -1.55. The number of para-hydroxylation sites is 1. The first kappa shape index (κ1) is 15.8. The Balaban J connectivity index is 2.08. The van der Waals surface area contributed by atoms with Crippen LogP contribution in [-0.4, -0.2) is 31.2 Å². The van der Waals surface area contributed by atoms with Crippen LogP contribution >= 0.6 is 0 Å². The van der Waals surface area contributed by atoms with Crippen molar-refractivity contribution in [3.8, 4) is 0 Å². The highest BCUT2D eigenvalue weighted by Crippen LogP contribution is 2.42. The average molecular weight is 290 g/mol. The predicted octanol–water partition coefficient (Wildman–Crippen LogP) is 3.05. The number of benzene rings is 1. The first-order chi connectivity index (χ1) is 9.86. The van der Waals surface area contributed by atoms with Crippen molar-refractivity contribution < 1.29 is 9.53 Å². The lowest BCUT2D eigenvalue weighted by molar-refractivity contribution is -0.0942. The van der Waals surface area contributed by atoms with Crippen molar-refractivity contribution in [2.24, 2.45) is 5.41 Å². The maximum atomic E-state index is 12.5. The number of hydrogen-bond acceptors (Lipinski definition) is 3. The maximum absolute atomic E-state index is 12.5.